The maximum atomic E-state index is 13.4. The first-order valence-corrected chi connectivity index (χ1v) is 17.3. The molecular formula is C41H49N3O7. The molecule has 3 rings (SSSR count). The Bertz CT molecular complexity index is 1510. The van der Waals surface area contributed by atoms with Crippen LogP contribution >= 0.6 is 0 Å². The highest BCUT2D eigenvalue weighted by molar-refractivity contribution is 5.92. The summed E-state index contributed by atoms with van der Waals surface area (Å²) in [6.45, 7) is 13.2. The Morgan fingerprint density at radius 3 is 1.39 bits per heavy atom. The zero-order valence-electron chi connectivity index (χ0n) is 29.2. The molecule has 0 atom stereocenters. The van der Waals surface area contributed by atoms with Crippen molar-refractivity contribution in [3.8, 4) is 11.5 Å². The second-order valence-corrected chi connectivity index (χ2v) is 11.6. The van der Waals surface area contributed by atoms with Crippen molar-refractivity contribution in [2.45, 2.75) is 44.4 Å². The number of carbonyl (C=O) groups is 4. The quantitative estimate of drug-likeness (QED) is 0.0452. The van der Waals surface area contributed by atoms with E-state index in [0.29, 0.717) is 51.3 Å². The first kappa shape index (κ1) is 39.8. The van der Waals surface area contributed by atoms with Crippen LogP contribution in [0.1, 0.15) is 71.5 Å². The molecule has 3 aromatic rings. The lowest BCUT2D eigenvalue weighted by Crippen LogP contribution is -2.22. The van der Waals surface area contributed by atoms with Crippen LogP contribution < -0.4 is 25.4 Å². The van der Waals surface area contributed by atoms with Crippen molar-refractivity contribution in [2.24, 2.45) is 0 Å². The Morgan fingerprint density at radius 1 is 0.549 bits per heavy atom. The van der Waals surface area contributed by atoms with Gasteiger partial charge in [0.1, 0.15) is 11.5 Å². The molecule has 10 heteroatoms. The fourth-order valence-corrected chi connectivity index (χ4v) is 5.15. The number of rotatable bonds is 24. The van der Waals surface area contributed by atoms with Crippen LogP contribution in [0.15, 0.2) is 111 Å². The zero-order valence-corrected chi connectivity index (χ0v) is 29.2. The number of hydrogen-bond donors (Lipinski definition) is 3. The van der Waals surface area contributed by atoms with Gasteiger partial charge in [-0.2, -0.15) is 0 Å². The van der Waals surface area contributed by atoms with E-state index >= 15 is 0 Å². The molecule has 0 unspecified atom stereocenters. The van der Waals surface area contributed by atoms with Gasteiger partial charge in [-0.3, -0.25) is 14.4 Å². The van der Waals surface area contributed by atoms with Gasteiger partial charge in [-0.05, 0) is 104 Å². The van der Waals surface area contributed by atoms with Crippen LogP contribution in [0, 0.1) is 0 Å². The van der Waals surface area contributed by atoms with Crippen LogP contribution in [-0.4, -0.2) is 63.1 Å². The van der Waals surface area contributed by atoms with E-state index in [9.17, 15) is 19.2 Å². The van der Waals surface area contributed by atoms with Gasteiger partial charge in [0.05, 0.1) is 25.4 Å². The molecule has 3 amide bonds. The fraction of sp³-hybridized carbons (Fsp3) is 0.317. The van der Waals surface area contributed by atoms with Crippen LogP contribution in [0.5, 0.6) is 11.5 Å². The number of unbranched alkanes of at least 4 members (excludes halogenated alkanes) is 3. The molecule has 0 aliphatic carbocycles. The second-order valence-electron chi connectivity index (χ2n) is 11.6. The van der Waals surface area contributed by atoms with E-state index in [1.54, 1.807) is 6.07 Å². The van der Waals surface area contributed by atoms with E-state index in [2.05, 4.69) is 35.7 Å². The lowest BCUT2D eigenvalue weighted by atomic mass is 9.83. The minimum atomic E-state index is -0.417. The zero-order chi connectivity index (χ0) is 36.7. The van der Waals surface area contributed by atoms with Gasteiger partial charge in [0.2, 0.25) is 17.7 Å². The van der Waals surface area contributed by atoms with Crippen molar-refractivity contribution in [1.82, 2.24) is 16.0 Å². The Kier molecular flexibility index (Phi) is 17.9. The molecule has 0 radical (unpaired) electrons. The highest BCUT2D eigenvalue weighted by Crippen LogP contribution is 2.36. The molecule has 270 valence electrons. The summed E-state index contributed by atoms with van der Waals surface area (Å²) >= 11 is 0. The van der Waals surface area contributed by atoms with Gasteiger partial charge in [0.25, 0.3) is 0 Å². The summed E-state index contributed by atoms with van der Waals surface area (Å²) in [5, 5.41) is 8.24. The van der Waals surface area contributed by atoms with Gasteiger partial charge in [0.15, 0.2) is 0 Å². The summed E-state index contributed by atoms with van der Waals surface area (Å²) in [7, 11) is 0. The molecular weight excluding hydrogens is 646 g/mol. The van der Waals surface area contributed by atoms with E-state index in [1.165, 1.54) is 18.2 Å². The maximum Gasteiger partial charge on any atom is 0.338 e. The predicted molar refractivity (Wildman–Crippen MR) is 199 cm³/mol. The van der Waals surface area contributed by atoms with E-state index < -0.39 is 5.97 Å². The SMILES string of the molecule is C=CC(=O)NCCCCOC(=O)c1ccccc1C(c1ccc(OCCCCNC(=O)C=C)cc1)c1ccc(OCCCCNC(=O)C=C)cc1. The lowest BCUT2D eigenvalue weighted by Gasteiger charge is -2.22. The van der Waals surface area contributed by atoms with Crippen molar-refractivity contribution in [2.75, 3.05) is 39.5 Å². The van der Waals surface area contributed by atoms with Gasteiger partial charge < -0.3 is 30.2 Å². The van der Waals surface area contributed by atoms with Gasteiger partial charge in [-0.25, -0.2) is 4.79 Å². The second kappa shape index (κ2) is 22.9. The molecule has 0 heterocycles. The first-order valence-electron chi connectivity index (χ1n) is 17.3. The standard InChI is InChI=1S/C41H49N3O7/c1-4-37(45)42-25-9-12-28-49-33-21-17-31(18-22-33)40(32-19-23-34(24-20-32)50-29-13-10-26-43-38(46)5-2)35-15-7-8-16-36(35)41(48)51-30-14-11-27-44-39(47)6-3/h4-8,15-24,40H,1-3,9-14,25-30H2,(H,42,45)(H,43,46)(H,44,47). The summed E-state index contributed by atoms with van der Waals surface area (Å²) in [5.41, 5.74) is 3.19. The molecule has 51 heavy (non-hydrogen) atoms. The minimum absolute atomic E-state index is 0.188. The highest BCUT2D eigenvalue weighted by Gasteiger charge is 2.23. The summed E-state index contributed by atoms with van der Waals surface area (Å²) in [6.07, 6.45) is 8.12. The van der Waals surface area contributed by atoms with Crippen molar-refractivity contribution in [3.63, 3.8) is 0 Å². The molecule has 0 aliphatic heterocycles. The van der Waals surface area contributed by atoms with Crippen LogP contribution in [0.2, 0.25) is 0 Å². The molecule has 0 aliphatic rings. The predicted octanol–water partition coefficient (Wildman–Crippen LogP) is 6.03. The summed E-state index contributed by atoms with van der Waals surface area (Å²) in [4.78, 5) is 47.4. The number of hydrogen-bond acceptors (Lipinski definition) is 7. The molecule has 0 fully saturated rings. The number of benzene rings is 3. The Balaban J connectivity index is 1.73. The average molecular weight is 696 g/mol. The Labute approximate surface area is 301 Å². The molecule has 3 N–H and O–H groups in total. The summed E-state index contributed by atoms with van der Waals surface area (Å²) in [5.74, 6) is 0.116. The van der Waals surface area contributed by atoms with Crippen LogP contribution in [0.25, 0.3) is 0 Å². The van der Waals surface area contributed by atoms with Gasteiger partial charge in [-0.15, -0.1) is 0 Å². The molecule has 0 spiro atoms. The first-order chi connectivity index (χ1) is 24.9. The largest absolute Gasteiger partial charge is 0.494 e. The normalized spacial score (nSPS) is 10.5. The monoisotopic (exact) mass is 695 g/mol. The third-order valence-electron chi connectivity index (χ3n) is 7.86. The number of esters is 1. The number of nitrogens with one attached hydrogen (secondary N) is 3. The molecule has 3 aromatic carbocycles. The molecule has 0 saturated carbocycles. The third kappa shape index (κ3) is 14.4. The fourth-order valence-electron chi connectivity index (χ4n) is 5.15. The lowest BCUT2D eigenvalue weighted by molar-refractivity contribution is -0.117. The maximum absolute atomic E-state index is 13.4. The smallest absolute Gasteiger partial charge is 0.338 e. The van der Waals surface area contributed by atoms with Crippen molar-refractivity contribution < 1.29 is 33.4 Å². The van der Waals surface area contributed by atoms with Crippen LogP contribution in [0.4, 0.5) is 0 Å². The van der Waals surface area contributed by atoms with Gasteiger partial charge in [-0.1, -0.05) is 62.2 Å². The number of ether oxygens (including phenoxy) is 3. The molecule has 0 saturated heterocycles. The summed E-state index contributed by atoms with van der Waals surface area (Å²) < 4.78 is 17.6. The van der Waals surface area contributed by atoms with Crippen molar-refractivity contribution >= 4 is 23.7 Å². The highest BCUT2D eigenvalue weighted by atomic mass is 16.5. The van der Waals surface area contributed by atoms with Crippen molar-refractivity contribution in [1.29, 1.82) is 0 Å². The summed E-state index contributed by atoms with van der Waals surface area (Å²) in [6, 6.07) is 23.1. The number of amides is 3. The van der Waals surface area contributed by atoms with Gasteiger partial charge >= 0.3 is 5.97 Å². The van der Waals surface area contributed by atoms with Crippen molar-refractivity contribution in [3.05, 3.63) is 133 Å². The van der Waals surface area contributed by atoms with E-state index in [0.717, 1.165) is 53.9 Å². The third-order valence-corrected chi connectivity index (χ3v) is 7.86. The molecule has 0 bridgehead atoms. The molecule has 10 nitrogen and oxygen atoms in total. The topological polar surface area (TPSA) is 132 Å². The minimum Gasteiger partial charge on any atom is -0.494 e. The van der Waals surface area contributed by atoms with E-state index in [1.807, 2.05) is 66.7 Å². The van der Waals surface area contributed by atoms with Crippen LogP contribution in [0.3, 0.4) is 0 Å². The number of carbonyl (C=O) groups excluding carboxylic acids is 4. The van der Waals surface area contributed by atoms with Crippen LogP contribution in [-0.2, 0) is 19.1 Å². The molecule has 0 aromatic heterocycles. The van der Waals surface area contributed by atoms with E-state index in [4.69, 9.17) is 14.2 Å². The van der Waals surface area contributed by atoms with Gasteiger partial charge in [0, 0.05) is 25.6 Å². The Hall–Kier alpha value is -5.64. The average Bonchev–Trinajstić information content (AvgIpc) is 3.16. The Morgan fingerprint density at radius 2 is 0.961 bits per heavy atom. The van der Waals surface area contributed by atoms with E-state index in [-0.39, 0.29) is 30.2 Å².